The van der Waals surface area contributed by atoms with Crippen LogP contribution in [0.15, 0.2) is 22.7 Å². The Morgan fingerprint density at radius 2 is 1.88 bits per heavy atom. The van der Waals surface area contributed by atoms with Crippen LogP contribution in [0.25, 0.3) is 11.3 Å². The maximum absolute atomic E-state index is 12.5. The Bertz CT molecular complexity index is 785. The Labute approximate surface area is 161 Å². The van der Waals surface area contributed by atoms with Crippen molar-refractivity contribution in [1.29, 1.82) is 0 Å². The fourth-order valence-electron chi connectivity index (χ4n) is 2.39. The molecule has 0 fully saturated rings. The smallest absolute Gasteiger partial charge is 0.321 e. The van der Waals surface area contributed by atoms with E-state index in [1.165, 1.54) is 4.90 Å². The standard InChI is InChI=1S/C17H20Cl2N4O3/c1-10-13(16(24)21-17(25)20-8-5-9-23(2)3)15(22-26-10)14-11(18)6-4-7-12(14)19/h4,6-7H,5,8-9H2,1-3H3,(H2,20,21,24,25)/p+1. The highest BCUT2D eigenvalue weighted by atomic mass is 35.5. The van der Waals surface area contributed by atoms with E-state index in [-0.39, 0.29) is 17.0 Å². The number of aromatic nitrogens is 1. The third kappa shape index (κ3) is 4.97. The summed E-state index contributed by atoms with van der Waals surface area (Å²) in [4.78, 5) is 25.7. The summed E-state index contributed by atoms with van der Waals surface area (Å²) in [6, 6.07) is 4.37. The van der Waals surface area contributed by atoms with Gasteiger partial charge < -0.3 is 14.7 Å². The molecule has 7 nitrogen and oxygen atoms in total. The first-order chi connectivity index (χ1) is 12.3. The van der Waals surface area contributed by atoms with Crippen molar-refractivity contribution < 1.29 is 19.0 Å². The van der Waals surface area contributed by atoms with Gasteiger partial charge in [0.1, 0.15) is 17.0 Å². The minimum atomic E-state index is -0.634. The normalized spacial score (nSPS) is 10.8. The molecule has 3 amide bonds. The molecule has 1 aromatic heterocycles. The maximum Gasteiger partial charge on any atom is 0.321 e. The molecule has 0 aliphatic heterocycles. The van der Waals surface area contributed by atoms with E-state index in [0.717, 1.165) is 13.0 Å². The van der Waals surface area contributed by atoms with Gasteiger partial charge in [-0.15, -0.1) is 0 Å². The minimum Gasteiger partial charge on any atom is -0.360 e. The van der Waals surface area contributed by atoms with Crippen molar-refractivity contribution in [2.24, 2.45) is 0 Å². The van der Waals surface area contributed by atoms with Gasteiger partial charge in [-0.05, 0) is 19.1 Å². The van der Waals surface area contributed by atoms with Crippen molar-refractivity contribution in [3.63, 3.8) is 0 Å². The number of hydrogen-bond donors (Lipinski definition) is 3. The molecule has 1 heterocycles. The topological polar surface area (TPSA) is 88.7 Å². The lowest BCUT2D eigenvalue weighted by molar-refractivity contribution is -0.858. The number of urea groups is 1. The van der Waals surface area contributed by atoms with Crippen LogP contribution < -0.4 is 15.5 Å². The third-order valence-electron chi connectivity index (χ3n) is 3.66. The molecule has 26 heavy (non-hydrogen) atoms. The van der Waals surface area contributed by atoms with E-state index in [2.05, 4.69) is 15.8 Å². The molecule has 0 unspecified atom stereocenters. The fourth-order valence-corrected chi connectivity index (χ4v) is 2.96. The average Bonchev–Trinajstić information content (AvgIpc) is 2.92. The van der Waals surface area contributed by atoms with E-state index >= 15 is 0 Å². The van der Waals surface area contributed by atoms with Crippen LogP contribution in [0.2, 0.25) is 10.0 Å². The summed E-state index contributed by atoms with van der Waals surface area (Å²) < 4.78 is 5.13. The summed E-state index contributed by atoms with van der Waals surface area (Å²) in [5.74, 6) is -0.372. The molecule has 0 aliphatic carbocycles. The number of hydrogen-bond acceptors (Lipinski definition) is 4. The predicted octanol–water partition coefficient (Wildman–Crippen LogP) is 1.93. The zero-order valence-corrected chi connectivity index (χ0v) is 16.3. The summed E-state index contributed by atoms with van der Waals surface area (Å²) >= 11 is 12.4. The van der Waals surface area contributed by atoms with Crippen molar-refractivity contribution in [2.45, 2.75) is 13.3 Å². The van der Waals surface area contributed by atoms with Crippen LogP contribution in [-0.2, 0) is 0 Å². The van der Waals surface area contributed by atoms with Crippen molar-refractivity contribution in [3.05, 3.63) is 39.6 Å². The molecule has 2 rings (SSSR count). The van der Waals surface area contributed by atoms with Gasteiger partial charge in [0.2, 0.25) is 0 Å². The van der Waals surface area contributed by atoms with E-state index in [1.54, 1.807) is 25.1 Å². The molecule has 140 valence electrons. The third-order valence-corrected chi connectivity index (χ3v) is 4.29. The fraction of sp³-hybridized carbons (Fsp3) is 0.353. The quantitative estimate of drug-likeness (QED) is 0.647. The molecule has 3 N–H and O–H groups in total. The minimum absolute atomic E-state index is 0.118. The number of carbonyl (C=O) groups excluding carboxylic acids is 2. The lowest BCUT2D eigenvalue weighted by Gasteiger charge is -2.09. The maximum atomic E-state index is 12.5. The molecule has 2 aromatic rings. The Kier molecular flexibility index (Phi) is 7.02. The monoisotopic (exact) mass is 399 g/mol. The van der Waals surface area contributed by atoms with Crippen LogP contribution >= 0.6 is 23.2 Å². The number of amides is 3. The van der Waals surface area contributed by atoms with Crippen LogP contribution in [0, 0.1) is 6.92 Å². The van der Waals surface area contributed by atoms with Gasteiger partial charge in [0, 0.05) is 18.5 Å². The van der Waals surface area contributed by atoms with Gasteiger partial charge in [-0.25, -0.2) is 4.79 Å². The summed E-state index contributed by atoms with van der Waals surface area (Å²) in [6.45, 7) is 2.96. The van der Waals surface area contributed by atoms with Crippen molar-refractivity contribution >= 4 is 35.1 Å². The van der Waals surface area contributed by atoms with Gasteiger partial charge in [0.25, 0.3) is 5.91 Å². The molecule has 0 bridgehead atoms. The highest BCUT2D eigenvalue weighted by Gasteiger charge is 2.25. The zero-order valence-electron chi connectivity index (χ0n) is 14.8. The first-order valence-electron chi connectivity index (χ1n) is 8.10. The zero-order chi connectivity index (χ0) is 19.3. The van der Waals surface area contributed by atoms with Crippen molar-refractivity contribution in [1.82, 2.24) is 15.8 Å². The summed E-state index contributed by atoms with van der Waals surface area (Å²) in [5.41, 5.74) is 0.694. The van der Waals surface area contributed by atoms with Gasteiger partial charge in [-0.2, -0.15) is 0 Å². The summed E-state index contributed by atoms with van der Waals surface area (Å²) in [5, 5.41) is 9.47. The predicted molar refractivity (Wildman–Crippen MR) is 99.9 cm³/mol. The number of nitrogens with one attached hydrogen (secondary N) is 3. The second-order valence-corrected chi connectivity index (χ2v) is 6.89. The number of benzene rings is 1. The number of carbonyl (C=O) groups is 2. The first kappa shape index (κ1) is 20.2. The molecule has 0 saturated heterocycles. The largest absolute Gasteiger partial charge is 0.360 e. The van der Waals surface area contributed by atoms with E-state index in [1.807, 2.05) is 14.1 Å². The lowest BCUT2D eigenvalue weighted by Crippen LogP contribution is -3.05. The van der Waals surface area contributed by atoms with Crippen molar-refractivity contribution in [3.8, 4) is 11.3 Å². The first-order valence-corrected chi connectivity index (χ1v) is 8.85. The molecule has 9 heteroatoms. The number of imide groups is 1. The number of quaternary nitrogens is 1. The molecular weight excluding hydrogens is 379 g/mol. The highest BCUT2D eigenvalue weighted by Crippen LogP contribution is 2.36. The highest BCUT2D eigenvalue weighted by molar-refractivity contribution is 6.39. The van der Waals surface area contributed by atoms with E-state index in [4.69, 9.17) is 27.7 Å². The number of rotatable bonds is 6. The van der Waals surface area contributed by atoms with E-state index in [9.17, 15) is 9.59 Å². The number of halogens is 2. The Balaban J connectivity index is 2.13. The SMILES string of the molecule is Cc1onc(-c2c(Cl)cccc2Cl)c1C(=O)NC(=O)NCCC[NH+](C)C. The molecular formula is C17H21Cl2N4O3+. The van der Waals surface area contributed by atoms with Gasteiger partial charge in [0.15, 0.2) is 0 Å². The van der Waals surface area contributed by atoms with Crippen LogP contribution in [0.3, 0.4) is 0 Å². The van der Waals surface area contributed by atoms with Crippen LogP contribution in [0.5, 0.6) is 0 Å². The van der Waals surface area contributed by atoms with Crippen molar-refractivity contribution in [2.75, 3.05) is 27.2 Å². The number of aryl methyl sites for hydroxylation is 1. The van der Waals surface area contributed by atoms with Crippen LogP contribution in [-0.4, -0.2) is 44.3 Å². The van der Waals surface area contributed by atoms with Gasteiger partial charge in [-0.1, -0.05) is 34.4 Å². The molecule has 0 saturated carbocycles. The second kappa shape index (κ2) is 9.02. The Morgan fingerprint density at radius 1 is 1.23 bits per heavy atom. The molecule has 0 spiro atoms. The molecule has 1 aromatic carbocycles. The van der Waals surface area contributed by atoms with Gasteiger partial charge in [-0.3, -0.25) is 10.1 Å². The molecule has 0 aliphatic rings. The average molecular weight is 400 g/mol. The summed E-state index contributed by atoms with van der Waals surface area (Å²) in [6.07, 6.45) is 0.802. The second-order valence-electron chi connectivity index (χ2n) is 6.08. The van der Waals surface area contributed by atoms with Crippen LogP contribution in [0.1, 0.15) is 22.5 Å². The Hall–Kier alpha value is -2.09. The number of nitrogens with zero attached hydrogens (tertiary/aromatic N) is 1. The van der Waals surface area contributed by atoms with Gasteiger partial charge in [0.05, 0.1) is 30.7 Å². The summed E-state index contributed by atoms with van der Waals surface area (Å²) in [7, 11) is 4.05. The van der Waals surface area contributed by atoms with Crippen LogP contribution in [0.4, 0.5) is 4.79 Å². The molecule has 0 radical (unpaired) electrons. The molecule has 0 atom stereocenters. The van der Waals surface area contributed by atoms with E-state index < -0.39 is 11.9 Å². The lowest BCUT2D eigenvalue weighted by atomic mass is 10.1. The van der Waals surface area contributed by atoms with Gasteiger partial charge >= 0.3 is 6.03 Å². The Morgan fingerprint density at radius 3 is 2.50 bits per heavy atom. The van der Waals surface area contributed by atoms with E-state index in [0.29, 0.717) is 22.2 Å².